The van der Waals surface area contributed by atoms with Crippen LogP contribution in [-0.4, -0.2) is 22.6 Å². The van der Waals surface area contributed by atoms with E-state index in [1.54, 1.807) is 0 Å². The van der Waals surface area contributed by atoms with Crippen molar-refractivity contribution in [2.45, 2.75) is 39.2 Å². The lowest BCUT2D eigenvalue weighted by Gasteiger charge is -2.06. The minimum Gasteiger partial charge on any atom is -0.464 e. The Labute approximate surface area is 101 Å². The van der Waals surface area contributed by atoms with Gasteiger partial charge in [0.2, 0.25) is 0 Å². The Kier molecular flexibility index (Phi) is 3.36. The van der Waals surface area contributed by atoms with Crippen molar-refractivity contribution in [1.29, 1.82) is 0 Å². The minimum absolute atomic E-state index is 0.233. The lowest BCUT2D eigenvalue weighted by Crippen LogP contribution is -2.09. The molecule has 5 heteroatoms. The van der Waals surface area contributed by atoms with Crippen LogP contribution in [0.25, 0.3) is 0 Å². The Balaban J connectivity index is 2.04. The minimum atomic E-state index is -0.466. The number of aromatic nitrogens is 2. The molecular formula is C12H19N3O2. The predicted molar refractivity (Wildman–Crippen MR) is 64.7 cm³/mol. The van der Waals surface area contributed by atoms with Gasteiger partial charge in [-0.15, -0.1) is 0 Å². The number of carbonyl (C=O) groups excluding carboxylic acids is 1. The summed E-state index contributed by atoms with van der Waals surface area (Å²) in [5.74, 6) is 1.65. The Morgan fingerprint density at radius 3 is 2.88 bits per heavy atom. The fourth-order valence-electron chi connectivity index (χ4n) is 2.06. The molecule has 0 amide bonds. The lowest BCUT2D eigenvalue weighted by molar-refractivity contribution is 0.0595. The van der Waals surface area contributed by atoms with Crippen molar-refractivity contribution in [3.8, 4) is 0 Å². The first kappa shape index (κ1) is 12.0. The number of hydrogen-bond acceptors (Lipinski definition) is 4. The summed E-state index contributed by atoms with van der Waals surface area (Å²) in [7, 11) is 1.34. The van der Waals surface area contributed by atoms with Crippen molar-refractivity contribution < 1.29 is 9.53 Å². The molecule has 1 heterocycles. The summed E-state index contributed by atoms with van der Waals surface area (Å²) in [5.41, 5.74) is 6.15. The molecule has 0 radical (unpaired) electrons. The van der Waals surface area contributed by atoms with Gasteiger partial charge < -0.3 is 15.0 Å². The first-order chi connectivity index (χ1) is 8.13. The van der Waals surface area contributed by atoms with Crippen molar-refractivity contribution in [1.82, 2.24) is 9.55 Å². The second-order valence-electron chi connectivity index (χ2n) is 4.62. The summed E-state index contributed by atoms with van der Waals surface area (Å²) >= 11 is 0. The molecule has 0 atom stereocenters. The molecular weight excluding hydrogens is 218 g/mol. The number of nitrogens with zero attached hydrogens (tertiary/aromatic N) is 2. The average molecular weight is 237 g/mol. The van der Waals surface area contributed by atoms with Crippen LogP contribution < -0.4 is 5.73 Å². The zero-order valence-corrected chi connectivity index (χ0v) is 10.4. The summed E-state index contributed by atoms with van der Waals surface area (Å²) in [4.78, 5) is 15.6. The zero-order valence-electron chi connectivity index (χ0n) is 10.4. The lowest BCUT2D eigenvalue weighted by atomic mass is 10.2. The summed E-state index contributed by atoms with van der Waals surface area (Å²) in [5, 5.41) is 0. The molecule has 0 saturated heterocycles. The topological polar surface area (TPSA) is 70.1 Å². The highest BCUT2D eigenvalue weighted by Crippen LogP contribution is 2.33. The second kappa shape index (κ2) is 4.77. The summed E-state index contributed by atoms with van der Waals surface area (Å²) in [6.07, 6.45) is 5.06. The largest absolute Gasteiger partial charge is 0.464 e. The van der Waals surface area contributed by atoms with Crippen LogP contribution in [0.3, 0.4) is 0 Å². The van der Waals surface area contributed by atoms with Gasteiger partial charge in [0.25, 0.3) is 0 Å². The third kappa shape index (κ3) is 2.60. The van der Waals surface area contributed by atoms with E-state index in [0.717, 1.165) is 24.7 Å². The van der Waals surface area contributed by atoms with Gasteiger partial charge in [-0.2, -0.15) is 0 Å². The fourth-order valence-corrected chi connectivity index (χ4v) is 2.06. The standard InChI is InChI=1S/C12H19N3O2/c1-8-14-10(12(16)17-2)11(13)15(8)7-3-4-9-5-6-9/h9H,3-7,13H2,1-2H3. The second-order valence-corrected chi connectivity index (χ2v) is 4.62. The first-order valence-electron chi connectivity index (χ1n) is 6.04. The average Bonchev–Trinajstić information content (AvgIpc) is 3.09. The van der Waals surface area contributed by atoms with Gasteiger partial charge in [0.05, 0.1) is 7.11 Å². The van der Waals surface area contributed by atoms with Gasteiger partial charge in [-0.1, -0.05) is 12.8 Å². The maximum absolute atomic E-state index is 11.4. The summed E-state index contributed by atoms with van der Waals surface area (Å²) < 4.78 is 6.54. The third-order valence-corrected chi connectivity index (χ3v) is 3.27. The van der Waals surface area contributed by atoms with Gasteiger partial charge in [0.15, 0.2) is 5.69 Å². The number of esters is 1. The quantitative estimate of drug-likeness (QED) is 0.792. The summed E-state index contributed by atoms with van der Waals surface area (Å²) in [6, 6.07) is 0. The monoisotopic (exact) mass is 237 g/mol. The fraction of sp³-hybridized carbons (Fsp3) is 0.667. The number of anilines is 1. The Morgan fingerprint density at radius 1 is 1.59 bits per heavy atom. The number of hydrogen-bond donors (Lipinski definition) is 1. The van der Waals surface area contributed by atoms with Crippen molar-refractivity contribution >= 4 is 11.8 Å². The van der Waals surface area contributed by atoms with Crippen molar-refractivity contribution in [2.24, 2.45) is 5.92 Å². The number of ether oxygens (including phenoxy) is 1. The van der Waals surface area contributed by atoms with Crippen LogP contribution >= 0.6 is 0 Å². The number of rotatable bonds is 5. The molecule has 2 rings (SSSR count). The SMILES string of the molecule is COC(=O)c1nc(C)n(CCCC2CC2)c1N. The van der Waals surface area contributed by atoms with Gasteiger partial charge in [-0.05, 0) is 25.7 Å². The smallest absolute Gasteiger partial charge is 0.360 e. The van der Waals surface area contributed by atoms with E-state index in [2.05, 4.69) is 9.72 Å². The molecule has 0 bridgehead atoms. The molecule has 1 saturated carbocycles. The molecule has 5 nitrogen and oxygen atoms in total. The van der Waals surface area contributed by atoms with Crippen molar-refractivity contribution in [2.75, 3.05) is 12.8 Å². The van der Waals surface area contributed by atoms with Crippen molar-refractivity contribution in [3.05, 3.63) is 11.5 Å². The maximum atomic E-state index is 11.4. The van der Waals surface area contributed by atoms with Gasteiger partial charge in [-0.3, -0.25) is 0 Å². The Hall–Kier alpha value is -1.52. The van der Waals surface area contributed by atoms with Gasteiger partial charge >= 0.3 is 5.97 Å². The van der Waals surface area contributed by atoms with E-state index >= 15 is 0 Å². The Bertz CT molecular complexity index is 422. The molecule has 2 N–H and O–H groups in total. The molecule has 1 aromatic rings. The van der Waals surface area contributed by atoms with Crippen LogP contribution in [-0.2, 0) is 11.3 Å². The van der Waals surface area contributed by atoms with Gasteiger partial charge in [0.1, 0.15) is 11.6 Å². The predicted octanol–water partition coefficient (Wildman–Crippen LogP) is 1.75. The molecule has 94 valence electrons. The molecule has 1 aliphatic carbocycles. The number of imidazole rings is 1. The number of methoxy groups -OCH3 is 1. The molecule has 1 fully saturated rings. The van der Waals surface area contributed by atoms with E-state index in [1.165, 1.54) is 26.4 Å². The third-order valence-electron chi connectivity index (χ3n) is 3.27. The number of carbonyl (C=O) groups is 1. The van der Waals surface area contributed by atoms with Gasteiger partial charge in [-0.25, -0.2) is 9.78 Å². The molecule has 17 heavy (non-hydrogen) atoms. The van der Waals surface area contributed by atoms with Crippen LogP contribution in [0.2, 0.25) is 0 Å². The molecule has 0 aromatic carbocycles. The van der Waals surface area contributed by atoms with Crippen LogP contribution in [0.15, 0.2) is 0 Å². The highest BCUT2D eigenvalue weighted by Gasteiger charge is 2.22. The van der Waals surface area contributed by atoms with E-state index in [4.69, 9.17) is 5.73 Å². The molecule has 0 spiro atoms. The first-order valence-corrected chi connectivity index (χ1v) is 6.04. The molecule has 0 unspecified atom stereocenters. The van der Waals surface area contributed by atoms with Crippen LogP contribution in [0.1, 0.15) is 42.0 Å². The van der Waals surface area contributed by atoms with E-state index in [9.17, 15) is 4.79 Å². The highest BCUT2D eigenvalue weighted by molar-refractivity contribution is 5.92. The summed E-state index contributed by atoms with van der Waals surface area (Å²) in [6.45, 7) is 2.69. The molecule has 0 aliphatic heterocycles. The maximum Gasteiger partial charge on any atom is 0.360 e. The van der Waals surface area contributed by atoms with E-state index in [0.29, 0.717) is 5.82 Å². The Morgan fingerprint density at radius 2 is 2.29 bits per heavy atom. The normalized spacial score (nSPS) is 14.9. The zero-order chi connectivity index (χ0) is 12.4. The van der Waals surface area contributed by atoms with Crippen molar-refractivity contribution in [3.63, 3.8) is 0 Å². The number of nitrogen functional groups attached to an aromatic ring is 1. The van der Waals surface area contributed by atoms with E-state index in [-0.39, 0.29) is 5.69 Å². The number of aryl methyl sites for hydroxylation is 1. The van der Waals surface area contributed by atoms with Crippen LogP contribution in [0.4, 0.5) is 5.82 Å². The van der Waals surface area contributed by atoms with Crippen LogP contribution in [0.5, 0.6) is 0 Å². The molecule has 1 aromatic heterocycles. The highest BCUT2D eigenvalue weighted by atomic mass is 16.5. The molecule has 1 aliphatic rings. The van der Waals surface area contributed by atoms with Crippen LogP contribution in [0, 0.1) is 12.8 Å². The van der Waals surface area contributed by atoms with E-state index in [1.807, 2.05) is 11.5 Å². The van der Waals surface area contributed by atoms with E-state index < -0.39 is 5.97 Å². The van der Waals surface area contributed by atoms with Gasteiger partial charge in [0, 0.05) is 6.54 Å². The number of nitrogens with two attached hydrogens (primary N) is 1.